The van der Waals surface area contributed by atoms with Crippen molar-refractivity contribution in [3.05, 3.63) is 34.9 Å². The van der Waals surface area contributed by atoms with E-state index in [0.29, 0.717) is 11.1 Å². The summed E-state index contributed by atoms with van der Waals surface area (Å²) in [6, 6.07) is 5.98. The van der Waals surface area contributed by atoms with Gasteiger partial charge in [0, 0.05) is 0 Å². The summed E-state index contributed by atoms with van der Waals surface area (Å²) in [6.07, 6.45) is -6.24. The van der Waals surface area contributed by atoms with E-state index in [2.05, 4.69) is 4.74 Å². The van der Waals surface area contributed by atoms with Gasteiger partial charge in [0.25, 0.3) is 0 Å². The Morgan fingerprint density at radius 2 is 2.13 bits per heavy atom. The van der Waals surface area contributed by atoms with Crippen molar-refractivity contribution in [1.29, 1.82) is 5.26 Å². The van der Waals surface area contributed by atoms with Crippen LogP contribution in [0, 0.1) is 11.3 Å². The molecule has 1 unspecified atom stereocenters. The van der Waals surface area contributed by atoms with E-state index < -0.39 is 12.3 Å². The van der Waals surface area contributed by atoms with E-state index in [-0.39, 0.29) is 12.2 Å². The summed E-state index contributed by atoms with van der Waals surface area (Å²) in [5.41, 5.74) is 0.901. The highest BCUT2D eigenvalue weighted by Gasteiger charge is 2.45. The first-order valence-electron chi connectivity index (χ1n) is 4.23. The van der Waals surface area contributed by atoms with Crippen LogP contribution >= 0.6 is 0 Å². The second-order valence-corrected chi connectivity index (χ2v) is 3.26. The molecule has 1 aliphatic rings. The van der Waals surface area contributed by atoms with Gasteiger partial charge in [-0.15, -0.1) is 0 Å². The van der Waals surface area contributed by atoms with Gasteiger partial charge >= 0.3 is 6.18 Å². The molecule has 0 saturated heterocycles. The third kappa shape index (κ3) is 1.68. The lowest BCUT2D eigenvalue weighted by molar-refractivity contribution is -0.219. The molecule has 2 nitrogen and oxygen atoms in total. The third-order valence-corrected chi connectivity index (χ3v) is 2.26. The molecule has 0 saturated carbocycles. The molecule has 1 aromatic rings. The van der Waals surface area contributed by atoms with Crippen molar-refractivity contribution in [2.24, 2.45) is 0 Å². The summed E-state index contributed by atoms with van der Waals surface area (Å²) >= 11 is 0. The minimum Gasteiger partial charge on any atom is -0.359 e. The zero-order chi connectivity index (χ0) is 11.1. The molecule has 0 bridgehead atoms. The van der Waals surface area contributed by atoms with E-state index in [9.17, 15) is 13.2 Å². The lowest BCUT2D eigenvalue weighted by Gasteiger charge is -2.14. The van der Waals surface area contributed by atoms with Crippen LogP contribution in [0.3, 0.4) is 0 Å². The molecule has 0 amide bonds. The van der Waals surface area contributed by atoms with E-state index in [0.717, 1.165) is 0 Å². The fourth-order valence-corrected chi connectivity index (χ4v) is 1.59. The van der Waals surface area contributed by atoms with Crippen LogP contribution in [0.25, 0.3) is 0 Å². The molecule has 2 rings (SSSR count). The molecule has 0 aliphatic carbocycles. The number of fused-ring (bicyclic) bond motifs is 1. The van der Waals surface area contributed by atoms with E-state index in [4.69, 9.17) is 5.26 Å². The highest BCUT2D eigenvalue weighted by molar-refractivity contribution is 5.41. The van der Waals surface area contributed by atoms with Crippen molar-refractivity contribution in [3.8, 4) is 6.07 Å². The van der Waals surface area contributed by atoms with Gasteiger partial charge < -0.3 is 4.74 Å². The molecule has 0 N–H and O–H groups in total. The van der Waals surface area contributed by atoms with Crippen LogP contribution in [0.15, 0.2) is 18.2 Å². The predicted octanol–water partition coefficient (Wildman–Crippen LogP) is 2.69. The summed E-state index contributed by atoms with van der Waals surface area (Å²) in [5, 5.41) is 8.58. The first kappa shape index (κ1) is 9.99. The molecule has 1 atom stereocenters. The highest BCUT2D eigenvalue weighted by atomic mass is 19.4. The minimum atomic E-state index is -4.39. The largest absolute Gasteiger partial charge is 0.418 e. The number of alkyl halides is 3. The summed E-state index contributed by atoms with van der Waals surface area (Å²) in [4.78, 5) is 0. The maximum Gasteiger partial charge on any atom is 0.418 e. The molecule has 1 aromatic carbocycles. The maximum absolute atomic E-state index is 12.4. The molecule has 1 heterocycles. The molecular weight excluding hydrogens is 207 g/mol. The van der Waals surface area contributed by atoms with Crippen LogP contribution in [-0.4, -0.2) is 6.18 Å². The zero-order valence-electron chi connectivity index (χ0n) is 7.51. The SMILES string of the molecule is N#Cc1ccc2c(c1)COC2C(F)(F)F. The Morgan fingerprint density at radius 3 is 2.73 bits per heavy atom. The van der Waals surface area contributed by atoms with E-state index in [1.54, 1.807) is 0 Å². The van der Waals surface area contributed by atoms with Crippen LogP contribution in [0.2, 0.25) is 0 Å². The van der Waals surface area contributed by atoms with Crippen LogP contribution in [0.1, 0.15) is 22.8 Å². The summed E-state index contributed by atoms with van der Waals surface area (Å²) in [6.45, 7) is -0.0883. The van der Waals surface area contributed by atoms with Crippen molar-refractivity contribution in [3.63, 3.8) is 0 Å². The molecule has 0 fully saturated rings. The summed E-state index contributed by atoms with van der Waals surface area (Å²) in [5.74, 6) is 0. The van der Waals surface area contributed by atoms with Crippen molar-refractivity contribution >= 4 is 0 Å². The average molecular weight is 213 g/mol. The number of halogens is 3. The first-order chi connectivity index (χ1) is 7.02. The van der Waals surface area contributed by atoms with Crippen LogP contribution in [-0.2, 0) is 11.3 Å². The molecule has 0 spiro atoms. The molecule has 78 valence electrons. The topological polar surface area (TPSA) is 33.0 Å². The van der Waals surface area contributed by atoms with Gasteiger partial charge in [0.2, 0.25) is 0 Å². The quantitative estimate of drug-likeness (QED) is 0.663. The zero-order valence-corrected chi connectivity index (χ0v) is 7.51. The van der Waals surface area contributed by atoms with Crippen molar-refractivity contribution < 1.29 is 17.9 Å². The van der Waals surface area contributed by atoms with Gasteiger partial charge in [0.1, 0.15) is 0 Å². The molecular formula is C10H6F3NO. The van der Waals surface area contributed by atoms with Crippen molar-refractivity contribution in [1.82, 2.24) is 0 Å². The van der Waals surface area contributed by atoms with Crippen LogP contribution < -0.4 is 0 Å². The van der Waals surface area contributed by atoms with E-state index in [1.165, 1.54) is 18.2 Å². The van der Waals surface area contributed by atoms with Crippen molar-refractivity contribution in [2.75, 3.05) is 0 Å². The summed E-state index contributed by atoms with van der Waals surface area (Å²) < 4.78 is 41.9. The fraction of sp³-hybridized carbons (Fsp3) is 0.300. The predicted molar refractivity (Wildman–Crippen MR) is 44.7 cm³/mol. The minimum absolute atomic E-state index is 0.0883. The normalized spacial score (nSPS) is 19.7. The second-order valence-electron chi connectivity index (χ2n) is 3.26. The monoisotopic (exact) mass is 213 g/mol. The Hall–Kier alpha value is -1.54. The highest BCUT2D eigenvalue weighted by Crippen LogP contribution is 2.42. The summed E-state index contributed by atoms with van der Waals surface area (Å²) in [7, 11) is 0. The maximum atomic E-state index is 12.4. The van der Waals surface area contributed by atoms with Gasteiger partial charge in [-0.1, -0.05) is 6.07 Å². The van der Waals surface area contributed by atoms with Gasteiger partial charge in [0.15, 0.2) is 6.10 Å². The first-order valence-corrected chi connectivity index (χ1v) is 4.23. The standard InChI is InChI=1S/C10H6F3NO/c11-10(12,13)9-8-2-1-6(4-14)3-7(8)5-15-9/h1-3,9H,5H2. The number of nitriles is 1. The van der Waals surface area contributed by atoms with Crippen molar-refractivity contribution in [2.45, 2.75) is 18.9 Å². The van der Waals surface area contributed by atoms with Gasteiger partial charge in [-0.3, -0.25) is 0 Å². The Morgan fingerprint density at radius 1 is 1.40 bits per heavy atom. The van der Waals surface area contributed by atoms with Gasteiger partial charge in [-0.05, 0) is 23.3 Å². The van der Waals surface area contributed by atoms with Gasteiger partial charge in [0.05, 0.1) is 18.2 Å². The van der Waals surface area contributed by atoms with Gasteiger partial charge in [-0.25, -0.2) is 0 Å². The van der Waals surface area contributed by atoms with E-state index >= 15 is 0 Å². The Labute approximate surface area is 83.9 Å². The number of hydrogen-bond acceptors (Lipinski definition) is 2. The fourth-order valence-electron chi connectivity index (χ4n) is 1.59. The number of ether oxygens (including phenoxy) is 1. The molecule has 15 heavy (non-hydrogen) atoms. The number of hydrogen-bond donors (Lipinski definition) is 0. The third-order valence-electron chi connectivity index (χ3n) is 2.26. The average Bonchev–Trinajstić information content (AvgIpc) is 2.59. The number of nitrogens with zero attached hydrogens (tertiary/aromatic N) is 1. The lowest BCUT2D eigenvalue weighted by Crippen LogP contribution is -2.19. The Kier molecular flexibility index (Phi) is 2.16. The second kappa shape index (κ2) is 3.24. The van der Waals surface area contributed by atoms with Gasteiger partial charge in [-0.2, -0.15) is 18.4 Å². The molecule has 0 radical (unpaired) electrons. The molecule has 5 heteroatoms. The number of benzene rings is 1. The van der Waals surface area contributed by atoms with Crippen LogP contribution in [0.4, 0.5) is 13.2 Å². The van der Waals surface area contributed by atoms with E-state index in [1.807, 2.05) is 6.07 Å². The number of rotatable bonds is 0. The van der Waals surface area contributed by atoms with Crippen LogP contribution in [0.5, 0.6) is 0 Å². The lowest BCUT2D eigenvalue weighted by atomic mass is 10.0. The Bertz CT molecular complexity index is 433. The Balaban J connectivity index is 2.42. The molecule has 0 aromatic heterocycles. The smallest absolute Gasteiger partial charge is 0.359 e. The molecule has 1 aliphatic heterocycles.